The van der Waals surface area contributed by atoms with Crippen molar-refractivity contribution in [3.63, 3.8) is 0 Å². The Kier molecular flexibility index (Phi) is 6.73. The lowest BCUT2D eigenvalue weighted by Crippen LogP contribution is -2.46. The van der Waals surface area contributed by atoms with E-state index in [0.717, 1.165) is 18.2 Å². The van der Waals surface area contributed by atoms with E-state index in [2.05, 4.69) is 5.32 Å². The number of ether oxygens (including phenoxy) is 1. The molecule has 0 atom stereocenters. The van der Waals surface area contributed by atoms with E-state index in [4.69, 9.17) is 4.74 Å². The molecule has 1 saturated heterocycles. The lowest BCUT2D eigenvalue weighted by Gasteiger charge is -2.26. The molecule has 1 aromatic rings. The molecule has 1 heterocycles. The highest BCUT2D eigenvalue weighted by Crippen LogP contribution is 2.20. The molecule has 22 heavy (non-hydrogen) atoms. The van der Waals surface area contributed by atoms with Gasteiger partial charge in [0.2, 0.25) is 10.0 Å². The molecule has 0 aliphatic carbocycles. The van der Waals surface area contributed by atoms with Gasteiger partial charge in [0.25, 0.3) is 0 Å². The molecule has 9 heteroatoms. The predicted octanol–water partition coefficient (Wildman–Crippen LogP) is 1.02. The van der Waals surface area contributed by atoms with Crippen LogP contribution in [0.4, 0.5) is 4.39 Å². The summed E-state index contributed by atoms with van der Waals surface area (Å²) < 4.78 is 44.6. The molecule has 1 aromatic carbocycles. The van der Waals surface area contributed by atoms with Crippen molar-refractivity contribution in [2.75, 3.05) is 32.8 Å². The molecule has 1 N–H and O–H groups in total. The smallest absolute Gasteiger partial charge is 0.338 e. The van der Waals surface area contributed by atoms with Crippen LogP contribution in [0.1, 0.15) is 17.3 Å². The first kappa shape index (κ1) is 18.8. The Morgan fingerprint density at radius 2 is 1.95 bits per heavy atom. The number of piperazine rings is 1. The maximum Gasteiger partial charge on any atom is 0.338 e. The predicted molar refractivity (Wildman–Crippen MR) is 81.2 cm³/mol. The van der Waals surface area contributed by atoms with E-state index in [1.807, 2.05) is 0 Å². The highest BCUT2D eigenvalue weighted by atomic mass is 35.5. The van der Waals surface area contributed by atoms with Crippen molar-refractivity contribution >= 4 is 28.4 Å². The number of benzene rings is 1. The maximum absolute atomic E-state index is 13.6. The van der Waals surface area contributed by atoms with E-state index in [1.165, 1.54) is 4.31 Å². The van der Waals surface area contributed by atoms with Gasteiger partial charge in [-0.15, -0.1) is 12.4 Å². The average Bonchev–Trinajstić information content (AvgIpc) is 2.47. The van der Waals surface area contributed by atoms with Gasteiger partial charge in [-0.1, -0.05) is 0 Å². The zero-order valence-electron chi connectivity index (χ0n) is 12.0. The Hall–Kier alpha value is -1.22. The third-order valence-corrected chi connectivity index (χ3v) is 4.97. The number of sulfonamides is 1. The summed E-state index contributed by atoms with van der Waals surface area (Å²) in [5.41, 5.74) is -0.106. The summed E-state index contributed by atoms with van der Waals surface area (Å²) in [5.74, 6) is -1.52. The van der Waals surface area contributed by atoms with Crippen molar-refractivity contribution in [2.24, 2.45) is 0 Å². The van der Waals surface area contributed by atoms with Gasteiger partial charge in [-0.25, -0.2) is 17.6 Å². The average molecular weight is 353 g/mol. The molecule has 6 nitrogen and oxygen atoms in total. The van der Waals surface area contributed by atoms with Gasteiger partial charge in [-0.05, 0) is 25.1 Å². The number of hydrogen-bond acceptors (Lipinski definition) is 5. The summed E-state index contributed by atoms with van der Waals surface area (Å²) in [7, 11) is -3.81. The summed E-state index contributed by atoms with van der Waals surface area (Å²) in [6.07, 6.45) is 0. The van der Waals surface area contributed by atoms with Gasteiger partial charge in [-0.3, -0.25) is 0 Å². The van der Waals surface area contributed by atoms with Crippen molar-refractivity contribution in [1.29, 1.82) is 0 Å². The van der Waals surface area contributed by atoms with Crippen molar-refractivity contribution in [2.45, 2.75) is 11.8 Å². The first-order valence-electron chi connectivity index (χ1n) is 6.63. The Bertz CT molecular complexity index is 633. The third-order valence-electron chi connectivity index (χ3n) is 3.10. The molecule has 124 valence electrons. The Morgan fingerprint density at radius 3 is 2.55 bits per heavy atom. The van der Waals surface area contributed by atoms with Gasteiger partial charge >= 0.3 is 5.97 Å². The zero-order chi connectivity index (χ0) is 15.5. The quantitative estimate of drug-likeness (QED) is 0.819. The summed E-state index contributed by atoms with van der Waals surface area (Å²) >= 11 is 0. The molecule has 1 fully saturated rings. The molecule has 0 aromatic heterocycles. The molecular formula is C13H18ClFN2O4S. The molecule has 0 amide bonds. The van der Waals surface area contributed by atoms with Crippen LogP contribution in [0.5, 0.6) is 0 Å². The minimum Gasteiger partial charge on any atom is -0.462 e. The fraction of sp³-hybridized carbons (Fsp3) is 0.462. The third kappa shape index (κ3) is 4.16. The van der Waals surface area contributed by atoms with E-state index in [-0.39, 0.29) is 29.5 Å². The van der Waals surface area contributed by atoms with Crippen LogP contribution < -0.4 is 5.32 Å². The highest BCUT2D eigenvalue weighted by molar-refractivity contribution is 7.89. The molecular weight excluding hydrogens is 335 g/mol. The number of esters is 1. The van der Waals surface area contributed by atoms with Crippen LogP contribution in [0.15, 0.2) is 23.1 Å². The van der Waals surface area contributed by atoms with Gasteiger partial charge in [0.15, 0.2) is 0 Å². The van der Waals surface area contributed by atoms with E-state index < -0.39 is 21.8 Å². The first-order valence-corrected chi connectivity index (χ1v) is 8.07. The number of halogens is 2. The van der Waals surface area contributed by atoms with Gasteiger partial charge in [0.05, 0.1) is 17.1 Å². The lowest BCUT2D eigenvalue weighted by molar-refractivity contribution is 0.0525. The summed E-state index contributed by atoms with van der Waals surface area (Å²) in [5, 5.41) is 3.04. The van der Waals surface area contributed by atoms with Crippen LogP contribution in [0.2, 0.25) is 0 Å². The fourth-order valence-electron chi connectivity index (χ4n) is 2.08. The van der Waals surface area contributed by atoms with Crippen molar-refractivity contribution in [3.8, 4) is 0 Å². The fourth-order valence-corrected chi connectivity index (χ4v) is 3.58. The van der Waals surface area contributed by atoms with Crippen LogP contribution in [-0.2, 0) is 14.8 Å². The van der Waals surface area contributed by atoms with Crippen LogP contribution >= 0.6 is 12.4 Å². The molecule has 0 bridgehead atoms. The minimum absolute atomic E-state index is 0. The standard InChI is InChI=1S/C13H17FN2O4S.ClH/c1-2-20-13(17)10-7-11(14)9-12(8-10)21(18,19)16-5-3-15-4-6-16;/h7-9,15H,2-6H2,1H3;1H. The molecule has 0 unspecified atom stereocenters. The number of carbonyl (C=O) groups is 1. The second-order valence-electron chi connectivity index (χ2n) is 4.55. The molecule has 0 radical (unpaired) electrons. The van der Waals surface area contributed by atoms with Gasteiger partial charge in [-0.2, -0.15) is 4.31 Å². The lowest BCUT2D eigenvalue weighted by atomic mass is 10.2. The second kappa shape index (κ2) is 7.87. The molecule has 1 aliphatic heterocycles. The summed E-state index contributed by atoms with van der Waals surface area (Å²) in [6.45, 7) is 3.46. The van der Waals surface area contributed by atoms with Gasteiger partial charge < -0.3 is 10.1 Å². The topological polar surface area (TPSA) is 75.7 Å². The molecule has 2 rings (SSSR count). The van der Waals surface area contributed by atoms with E-state index >= 15 is 0 Å². The summed E-state index contributed by atoms with van der Waals surface area (Å²) in [4.78, 5) is 11.4. The Morgan fingerprint density at radius 1 is 1.32 bits per heavy atom. The van der Waals surface area contributed by atoms with Crippen LogP contribution in [0, 0.1) is 5.82 Å². The first-order chi connectivity index (χ1) is 9.95. The largest absolute Gasteiger partial charge is 0.462 e. The van der Waals surface area contributed by atoms with E-state index in [9.17, 15) is 17.6 Å². The Balaban J connectivity index is 0.00000242. The second-order valence-corrected chi connectivity index (χ2v) is 6.49. The van der Waals surface area contributed by atoms with E-state index in [0.29, 0.717) is 26.2 Å². The van der Waals surface area contributed by atoms with Gasteiger partial charge in [0, 0.05) is 26.2 Å². The molecule has 1 aliphatic rings. The van der Waals surface area contributed by atoms with Crippen LogP contribution in [-0.4, -0.2) is 51.5 Å². The molecule has 0 saturated carbocycles. The highest BCUT2D eigenvalue weighted by Gasteiger charge is 2.27. The normalized spacial score (nSPS) is 15.9. The monoisotopic (exact) mass is 352 g/mol. The number of nitrogens with one attached hydrogen (secondary N) is 1. The van der Waals surface area contributed by atoms with Gasteiger partial charge in [0.1, 0.15) is 5.82 Å². The van der Waals surface area contributed by atoms with Crippen LogP contribution in [0.25, 0.3) is 0 Å². The zero-order valence-corrected chi connectivity index (χ0v) is 13.7. The van der Waals surface area contributed by atoms with Crippen molar-refractivity contribution < 1.29 is 22.3 Å². The Labute approximate surface area is 135 Å². The number of nitrogens with zero attached hydrogens (tertiary/aromatic N) is 1. The maximum atomic E-state index is 13.6. The van der Waals surface area contributed by atoms with E-state index in [1.54, 1.807) is 6.92 Å². The van der Waals surface area contributed by atoms with Crippen LogP contribution in [0.3, 0.4) is 0 Å². The summed E-state index contributed by atoms with van der Waals surface area (Å²) in [6, 6.07) is 3.04. The number of rotatable bonds is 4. The minimum atomic E-state index is -3.81. The SMILES string of the molecule is CCOC(=O)c1cc(F)cc(S(=O)(=O)N2CCNCC2)c1.Cl. The van der Waals surface area contributed by atoms with Crippen molar-refractivity contribution in [3.05, 3.63) is 29.6 Å². The van der Waals surface area contributed by atoms with Crippen molar-refractivity contribution in [1.82, 2.24) is 9.62 Å². The number of hydrogen-bond donors (Lipinski definition) is 1. The molecule has 0 spiro atoms. The number of carbonyl (C=O) groups excluding carboxylic acids is 1.